The summed E-state index contributed by atoms with van der Waals surface area (Å²) in [6.45, 7) is 2.80. The number of hydrogen-bond donors (Lipinski definition) is 0. The topological polar surface area (TPSA) is 68.2 Å². The van der Waals surface area contributed by atoms with Gasteiger partial charge in [0.1, 0.15) is 6.61 Å². The van der Waals surface area contributed by atoms with Gasteiger partial charge in [0.15, 0.2) is 11.5 Å². The molecular weight excluding hydrogens is 472 g/mol. The first-order valence-corrected chi connectivity index (χ1v) is 11.6. The van der Waals surface area contributed by atoms with Crippen molar-refractivity contribution in [2.24, 2.45) is 28.8 Å². The molecule has 6 nitrogen and oxygen atoms in total. The number of carbonyl (C=O) groups is 2. The quantitative estimate of drug-likeness (QED) is 0.321. The standard InChI is InChI=1S/C25H23BrN2O4/c1-2-31-21-11-16(5-10-20(21)32-14-15-3-8-19(26)9-4-15)13-27-28-24(29)22-17-6-7-18(12-17)23(22)25(28)30/h3-11,13,17-18,22-23H,2,12,14H2,1H3/t17-,18-,22-,23+/m0/s1. The Morgan fingerprint density at radius 3 is 2.34 bits per heavy atom. The highest BCUT2D eigenvalue weighted by atomic mass is 79.9. The van der Waals surface area contributed by atoms with Crippen molar-refractivity contribution in [3.63, 3.8) is 0 Å². The molecule has 164 valence electrons. The second kappa shape index (κ2) is 8.54. The van der Waals surface area contributed by atoms with Crippen LogP contribution in [0.5, 0.6) is 11.5 Å². The van der Waals surface area contributed by atoms with E-state index in [-0.39, 0.29) is 35.5 Å². The molecule has 4 atom stereocenters. The number of rotatable bonds is 7. The van der Waals surface area contributed by atoms with Gasteiger partial charge in [0, 0.05) is 4.47 Å². The number of hydrazone groups is 1. The van der Waals surface area contributed by atoms with Crippen molar-refractivity contribution in [3.05, 3.63) is 70.2 Å². The summed E-state index contributed by atoms with van der Waals surface area (Å²) < 4.78 is 12.7. The first-order chi connectivity index (χ1) is 15.5. The molecule has 1 aliphatic heterocycles. The molecule has 2 amide bonds. The van der Waals surface area contributed by atoms with Gasteiger partial charge in [0.25, 0.3) is 11.8 Å². The van der Waals surface area contributed by atoms with Crippen LogP contribution in [0.1, 0.15) is 24.5 Å². The molecule has 0 aromatic heterocycles. The second-order valence-electron chi connectivity index (χ2n) is 8.29. The number of amides is 2. The Morgan fingerprint density at radius 1 is 1.00 bits per heavy atom. The third-order valence-corrected chi connectivity index (χ3v) is 6.87. The van der Waals surface area contributed by atoms with Crippen LogP contribution >= 0.6 is 15.9 Å². The molecule has 0 radical (unpaired) electrons. The van der Waals surface area contributed by atoms with Gasteiger partial charge >= 0.3 is 0 Å². The van der Waals surface area contributed by atoms with Crippen molar-refractivity contribution in [1.29, 1.82) is 0 Å². The molecule has 2 aliphatic carbocycles. The maximum absolute atomic E-state index is 12.8. The first kappa shape index (κ1) is 20.9. The maximum Gasteiger partial charge on any atom is 0.254 e. The van der Waals surface area contributed by atoms with E-state index in [2.05, 4.69) is 33.2 Å². The third-order valence-electron chi connectivity index (χ3n) is 6.34. The minimum atomic E-state index is -0.247. The predicted molar refractivity (Wildman–Crippen MR) is 123 cm³/mol. The molecule has 32 heavy (non-hydrogen) atoms. The van der Waals surface area contributed by atoms with Crippen molar-refractivity contribution in [3.8, 4) is 11.5 Å². The van der Waals surface area contributed by atoms with Crippen molar-refractivity contribution in [2.75, 3.05) is 6.61 Å². The van der Waals surface area contributed by atoms with E-state index in [1.165, 1.54) is 6.21 Å². The molecule has 2 aromatic carbocycles. The Hall–Kier alpha value is -2.93. The molecule has 5 rings (SSSR count). The van der Waals surface area contributed by atoms with Gasteiger partial charge in [-0.2, -0.15) is 10.1 Å². The molecule has 0 N–H and O–H groups in total. The number of imide groups is 1. The molecule has 0 unspecified atom stereocenters. The fourth-order valence-corrected chi connectivity index (χ4v) is 5.12. The van der Waals surface area contributed by atoms with Crippen LogP contribution in [0.3, 0.4) is 0 Å². The van der Waals surface area contributed by atoms with E-state index in [9.17, 15) is 9.59 Å². The van der Waals surface area contributed by atoms with Crippen LogP contribution in [-0.2, 0) is 16.2 Å². The van der Waals surface area contributed by atoms with Crippen LogP contribution in [0.15, 0.2) is 64.2 Å². The fraction of sp³-hybridized carbons (Fsp3) is 0.320. The number of hydrogen-bond acceptors (Lipinski definition) is 5. The third kappa shape index (κ3) is 3.75. The largest absolute Gasteiger partial charge is 0.490 e. The van der Waals surface area contributed by atoms with E-state index in [0.717, 1.165) is 27.0 Å². The number of benzene rings is 2. The van der Waals surface area contributed by atoms with Crippen LogP contribution in [0.2, 0.25) is 0 Å². The van der Waals surface area contributed by atoms with Crippen LogP contribution in [-0.4, -0.2) is 29.6 Å². The summed E-state index contributed by atoms with van der Waals surface area (Å²) in [5.41, 5.74) is 1.77. The number of fused-ring (bicyclic) bond motifs is 5. The van der Waals surface area contributed by atoms with E-state index in [1.54, 1.807) is 6.07 Å². The molecule has 1 saturated carbocycles. The van der Waals surface area contributed by atoms with Gasteiger partial charge < -0.3 is 9.47 Å². The van der Waals surface area contributed by atoms with Crippen molar-refractivity contribution in [2.45, 2.75) is 20.0 Å². The highest BCUT2D eigenvalue weighted by molar-refractivity contribution is 9.10. The summed E-state index contributed by atoms with van der Waals surface area (Å²) in [5, 5.41) is 5.30. The van der Waals surface area contributed by atoms with Crippen LogP contribution in [0.4, 0.5) is 0 Å². The first-order valence-electron chi connectivity index (χ1n) is 10.8. The van der Waals surface area contributed by atoms with E-state index in [0.29, 0.717) is 24.7 Å². The molecule has 2 fully saturated rings. The van der Waals surface area contributed by atoms with Gasteiger partial charge in [-0.1, -0.05) is 40.2 Å². The van der Waals surface area contributed by atoms with Crippen LogP contribution < -0.4 is 9.47 Å². The van der Waals surface area contributed by atoms with Crippen LogP contribution in [0, 0.1) is 23.7 Å². The summed E-state index contributed by atoms with van der Waals surface area (Å²) in [6, 6.07) is 13.4. The number of halogens is 1. The zero-order chi connectivity index (χ0) is 22.2. The normalized spacial score (nSPS) is 25.8. The molecule has 0 spiro atoms. The fourth-order valence-electron chi connectivity index (χ4n) is 4.86. The summed E-state index contributed by atoms with van der Waals surface area (Å²) in [6.07, 6.45) is 6.59. The Labute approximate surface area is 195 Å². The number of carbonyl (C=O) groups excluding carboxylic acids is 2. The molecule has 3 aliphatic rings. The van der Waals surface area contributed by atoms with Gasteiger partial charge in [-0.3, -0.25) is 9.59 Å². The van der Waals surface area contributed by atoms with E-state index in [4.69, 9.17) is 9.47 Å². The molecular formula is C25H23BrN2O4. The summed E-state index contributed by atoms with van der Waals surface area (Å²) in [7, 11) is 0. The van der Waals surface area contributed by atoms with Crippen molar-refractivity contribution in [1.82, 2.24) is 5.01 Å². The second-order valence-corrected chi connectivity index (χ2v) is 9.20. The average Bonchev–Trinajstić information content (AvgIpc) is 3.47. The van der Waals surface area contributed by atoms with Gasteiger partial charge in [-0.25, -0.2) is 0 Å². The van der Waals surface area contributed by atoms with E-state index in [1.807, 2.05) is 43.3 Å². The molecule has 2 bridgehead atoms. The average molecular weight is 495 g/mol. The minimum Gasteiger partial charge on any atom is -0.490 e. The lowest BCUT2D eigenvalue weighted by atomic mass is 9.85. The number of ether oxygens (including phenoxy) is 2. The van der Waals surface area contributed by atoms with Crippen molar-refractivity contribution < 1.29 is 19.1 Å². The van der Waals surface area contributed by atoms with Gasteiger partial charge in [0.2, 0.25) is 0 Å². The molecule has 2 aromatic rings. The molecule has 7 heteroatoms. The van der Waals surface area contributed by atoms with Gasteiger partial charge in [0.05, 0.1) is 24.7 Å². The van der Waals surface area contributed by atoms with Gasteiger partial charge in [-0.15, -0.1) is 0 Å². The Morgan fingerprint density at radius 2 is 1.69 bits per heavy atom. The monoisotopic (exact) mass is 494 g/mol. The number of nitrogens with zero attached hydrogens (tertiary/aromatic N) is 2. The lowest BCUT2D eigenvalue weighted by Crippen LogP contribution is -2.28. The van der Waals surface area contributed by atoms with Gasteiger partial charge in [-0.05, 0) is 66.6 Å². The SMILES string of the molecule is CCOc1cc(C=NN2C(=O)[C@@H]3[C@H](C2=O)[C@H]2C=C[C@H]3C2)ccc1OCc1ccc(Br)cc1. The van der Waals surface area contributed by atoms with Crippen LogP contribution in [0.25, 0.3) is 0 Å². The lowest BCUT2D eigenvalue weighted by molar-refractivity contribution is -0.140. The predicted octanol–water partition coefficient (Wildman–Crippen LogP) is 4.57. The summed E-state index contributed by atoms with van der Waals surface area (Å²) in [4.78, 5) is 25.6. The number of allylic oxidation sites excluding steroid dienone is 2. The zero-order valence-electron chi connectivity index (χ0n) is 17.6. The highest BCUT2D eigenvalue weighted by Crippen LogP contribution is 2.52. The maximum atomic E-state index is 12.8. The summed E-state index contributed by atoms with van der Waals surface area (Å²) >= 11 is 3.43. The Bertz CT molecular complexity index is 1080. The molecule has 1 saturated heterocycles. The Balaban J connectivity index is 1.30. The Kier molecular flexibility index (Phi) is 5.59. The molecule has 1 heterocycles. The minimum absolute atomic E-state index is 0.174. The van der Waals surface area contributed by atoms with E-state index >= 15 is 0 Å². The lowest BCUT2D eigenvalue weighted by Gasteiger charge is -2.13. The smallest absolute Gasteiger partial charge is 0.254 e. The highest BCUT2D eigenvalue weighted by Gasteiger charge is 2.59. The van der Waals surface area contributed by atoms with E-state index < -0.39 is 0 Å². The summed E-state index contributed by atoms with van der Waals surface area (Å²) in [5.74, 6) is 0.692. The van der Waals surface area contributed by atoms with Crippen molar-refractivity contribution >= 4 is 34.0 Å². The zero-order valence-corrected chi connectivity index (χ0v) is 19.2.